The number of benzene rings is 1. The van der Waals surface area contributed by atoms with Gasteiger partial charge in [0.15, 0.2) is 5.82 Å². The van der Waals surface area contributed by atoms with Crippen LogP contribution in [0, 0.1) is 0 Å². The Morgan fingerprint density at radius 3 is 2.74 bits per heavy atom. The molecule has 9 nitrogen and oxygen atoms in total. The lowest BCUT2D eigenvalue weighted by molar-refractivity contribution is 0.0950. The number of rotatable bonds is 7. The molecule has 3 aliphatic rings. The van der Waals surface area contributed by atoms with Crippen LogP contribution in [0.4, 0.5) is 17.5 Å². The number of fused-ring (bicyclic) bond motifs is 3. The maximum absolute atomic E-state index is 12.5. The first-order valence-corrected chi connectivity index (χ1v) is 12.6. The Morgan fingerprint density at radius 1 is 1.17 bits per heavy atom. The monoisotopic (exact) mass is 473 g/mol. The molecule has 0 spiro atoms. The second kappa shape index (κ2) is 8.87. The van der Waals surface area contributed by atoms with Crippen LogP contribution in [0.1, 0.15) is 74.0 Å². The molecule has 0 bridgehead atoms. The van der Waals surface area contributed by atoms with Crippen molar-refractivity contribution in [1.82, 2.24) is 24.8 Å². The smallest absolute Gasteiger partial charge is 0.251 e. The predicted molar refractivity (Wildman–Crippen MR) is 134 cm³/mol. The van der Waals surface area contributed by atoms with E-state index in [1.54, 1.807) is 19.2 Å². The molecule has 0 radical (unpaired) electrons. The van der Waals surface area contributed by atoms with Crippen LogP contribution in [0.3, 0.4) is 0 Å². The SMILES string of the molecule is CC[C@@H]1c2cncn2-c2cnc(Nc3ccc(C(=O)NC4CC4)cc3OC)nc2N1C1CCCC1. The van der Waals surface area contributed by atoms with Crippen LogP contribution >= 0.6 is 0 Å². The van der Waals surface area contributed by atoms with Gasteiger partial charge in [0, 0.05) is 17.6 Å². The van der Waals surface area contributed by atoms with Gasteiger partial charge in [-0.05, 0) is 50.3 Å². The Morgan fingerprint density at radius 2 is 2.00 bits per heavy atom. The van der Waals surface area contributed by atoms with Gasteiger partial charge in [-0.1, -0.05) is 19.8 Å². The van der Waals surface area contributed by atoms with Gasteiger partial charge in [0.1, 0.15) is 11.4 Å². The molecule has 1 atom stereocenters. The highest BCUT2D eigenvalue weighted by Crippen LogP contribution is 2.43. The Labute approximate surface area is 204 Å². The average Bonchev–Trinajstić information content (AvgIpc) is 3.32. The fourth-order valence-electron chi connectivity index (χ4n) is 5.40. The lowest BCUT2D eigenvalue weighted by atomic mass is 10.0. The Kier molecular flexibility index (Phi) is 5.54. The number of hydrogen-bond acceptors (Lipinski definition) is 7. The summed E-state index contributed by atoms with van der Waals surface area (Å²) in [5, 5.41) is 6.34. The summed E-state index contributed by atoms with van der Waals surface area (Å²) in [7, 11) is 1.60. The van der Waals surface area contributed by atoms with Crippen molar-refractivity contribution in [3.63, 3.8) is 0 Å². The Hall–Kier alpha value is -3.62. The third-order valence-electron chi connectivity index (χ3n) is 7.33. The quantitative estimate of drug-likeness (QED) is 0.521. The van der Waals surface area contributed by atoms with E-state index in [0.717, 1.165) is 30.8 Å². The molecule has 1 amide bonds. The number of hydrogen-bond donors (Lipinski definition) is 2. The molecule has 1 aromatic carbocycles. The highest BCUT2D eigenvalue weighted by atomic mass is 16.5. The summed E-state index contributed by atoms with van der Waals surface area (Å²) in [4.78, 5) is 29.0. The maximum Gasteiger partial charge on any atom is 0.251 e. The number of aromatic nitrogens is 4. The predicted octanol–water partition coefficient (Wildman–Crippen LogP) is 4.52. The number of methoxy groups -OCH3 is 1. The second-order valence-electron chi connectivity index (χ2n) is 9.65. The van der Waals surface area contributed by atoms with E-state index in [4.69, 9.17) is 9.72 Å². The van der Waals surface area contributed by atoms with Gasteiger partial charge in [-0.25, -0.2) is 9.97 Å². The standard InChI is InChI=1S/C26H31N7O2/c1-3-20-21-13-27-15-32(21)22-14-28-26(31-24(22)33(20)18-6-4-5-7-18)30-19-11-8-16(12-23(19)35-2)25(34)29-17-9-10-17/h8,11-15,17-18,20H,3-7,9-10H2,1-2H3,(H,29,34)(H,28,30,31)/t20-/m1/s1. The van der Waals surface area contributed by atoms with Gasteiger partial charge in [-0.2, -0.15) is 4.98 Å². The van der Waals surface area contributed by atoms with Gasteiger partial charge in [-0.15, -0.1) is 0 Å². The van der Waals surface area contributed by atoms with Crippen LogP contribution in [0.15, 0.2) is 36.9 Å². The molecule has 2 fully saturated rings. The number of carbonyl (C=O) groups excluding carboxylic acids is 1. The summed E-state index contributed by atoms with van der Waals surface area (Å²) in [6, 6.07) is 6.41. The minimum absolute atomic E-state index is 0.0728. The van der Waals surface area contributed by atoms with E-state index in [9.17, 15) is 4.79 Å². The van der Waals surface area contributed by atoms with Crippen molar-refractivity contribution in [1.29, 1.82) is 0 Å². The molecule has 182 valence electrons. The zero-order valence-corrected chi connectivity index (χ0v) is 20.2. The molecule has 1 aliphatic heterocycles. The van der Waals surface area contributed by atoms with Crippen LogP contribution < -0.4 is 20.3 Å². The van der Waals surface area contributed by atoms with Crippen molar-refractivity contribution in [3.05, 3.63) is 48.2 Å². The summed E-state index contributed by atoms with van der Waals surface area (Å²) >= 11 is 0. The number of anilines is 3. The minimum Gasteiger partial charge on any atom is -0.495 e. The number of ether oxygens (including phenoxy) is 1. The first kappa shape index (κ1) is 21.9. The summed E-state index contributed by atoms with van der Waals surface area (Å²) in [6.45, 7) is 2.22. The molecule has 0 saturated heterocycles. The second-order valence-corrected chi connectivity index (χ2v) is 9.65. The molecule has 2 aliphatic carbocycles. The number of nitrogens with zero attached hydrogens (tertiary/aromatic N) is 5. The molecule has 35 heavy (non-hydrogen) atoms. The van der Waals surface area contributed by atoms with Crippen LogP contribution in [0.5, 0.6) is 5.75 Å². The molecule has 2 saturated carbocycles. The van der Waals surface area contributed by atoms with Gasteiger partial charge in [0.2, 0.25) is 5.95 Å². The van der Waals surface area contributed by atoms with E-state index in [1.165, 1.54) is 31.4 Å². The summed E-state index contributed by atoms with van der Waals surface area (Å²) in [6.07, 6.45) is 13.6. The highest BCUT2D eigenvalue weighted by molar-refractivity contribution is 5.95. The minimum atomic E-state index is -0.0728. The first-order chi connectivity index (χ1) is 17.2. The number of imidazole rings is 1. The van der Waals surface area contributed by atoms with Gasteiger partial charge in [0.05, 0.1) is 43.3 Å². The molecule has 9 heteroatoms. The van der Waals surface area contributed by atoms with Crippen LogP contribution in [-0.2, 0) is 0 Å². The highest BCUT2D eigenvalue weighted by Gasteiger charge is 2.37. The fraction of sp³-hybridized carbons (Fsp3) is 0.462. The fourth-order valence-corrected chi connectivity index (χ4v) is 5.40. The van der Waals surface area contributed by atoms with Crippen LogP contribution in [-0.4, -0.2) is 44.6 Å². The van der Waals surface area contributed by atoms with Gasteiger partial charge in [0.25, 0.3) is 5.91 Å². The lowest BCUT2D eigenvalue weighted by Gasteiger charge is -2.41. The maximum atomic E-state index is 12.5. The van der Waals surface area contributed by atoms with E-state index in [0.29, 0.717) is 35.0 Å². The Bertz CT molecular complexity index is 1250. The lowest BCUT2D eigenvalue weighted by Crippen LogP contribution is -2.41. The first-order valence-electron chi connectivity index (χ1n) is 12.6. The molecule has 3 aromatic rings. The van der Waals surface area contributed by atoms with Gasteiger partial charge >= 0.3 is 0 Å². The van der Waals surface area contributed by atoms with Gasteiger partial charge < -0.3 is 20.3 Å². The van der Waals surface area contributed by atoms with Crippen LogP contribution in [0.25, 0.3) is 5.69 Å². The number of nitrogens with one attached hydrogen (secondary N) is 2. The summed E-state index contributed by atoms with van der Waals surface area (Å²) in [5.41, 5.74) is 3.45. The molecule has 2 aromatic heterocycles. The third-order valence-corrected chi connectivity index (χ3v) is 7.33. The van der Waals surface area contributed by atoms with Crippen molar-refractivity contribution >= 4 is 23.4 Å². The molecule has 2 N–H and O–H groups in total. The summed E-state index contributed by atoms with van der Waals surface area (Å²) in [5.74, 6) is 1.94. The van der Waals surface area contributed by atoms with Crippen LogP contribution in [0.2, 0.25) is 0 Å². The normalized spacial score (nSPS) is 19.3. The summed E-state index contributed by atoms with van der Waals surface area (Å²) < 4.78 is 7.71. The third kappa shape index (κ3) is 3.98. The molecular weight excluding hydrogens is 442 g/mol. The number of carbonyl (C=O) groups is 1. The molecule has 6 rings (SSSR count). The molecular formula is C26H31N7O2. The van der Waals surface area contributed by atoms with Gasteiger partial charge in [-0.3, -0.25) is 9.36 Å². The molecule has 0 unspecified atom stereocenters. The average molecular weight is 474 g/mol. The van der Waals surface area contributed by atoms with Crippen molar-refractivity contribution in [2.75, 3.05) is 17.3 Å². The van der Waals surface area contributed by atoms with E-state index >= 15 is 0 Å². The van der Waals surface area contributed by atoms with Crippen molar-refractivity contribution in [2.24, 2.45) is 0 Å². The zero-order valence-electron chi connectivity index (χ0n) is 20.2. The Balaban J connectivity index is 1.34. The van der Waals surface area contributed by atoms with Crippen molar-refractivity contribution < 1.29 is 9.53 Å². The van der Waals surface area contributed by atoms with E-state index in [1.807, 2.05) is 24.8 Å². The largest absolute Gasteiger partial charge is 0.495 e. The zero-order chi connectivity index (χ0) is 23.9. The number of amides is 1. The molecule has 3 heterocycles. The van der Waals surface area contributed by atoms with Crippen molar-refractivity contribution in [3.8, 4) is 11.4 Å². The topological polar surface area (TPSA) is 97.2 Å². The van der Waals surface area contributed by atoms with E-state index < -0.39 is 0 Å². The van der Waals surface area contributed by atoms with Crippen molar-refractivity contribution in [2.45, 2.75) is 70.0 Å². The van der Waals surface area contributed by atoms with E-state index in [2.05, 4.69) is 37.0 Å². The van der Waals surface area contributed by atoms with E-state index in [-0.39, 0.29) is 11.9 Å².